The number of hydrogen-bond donors (Lipinski definition) is 1. The summed E-state index contributed by atoms with van der Waals surface area (Å²) in [7, 11) is 1.44. The first-order valence-electron chi connectivity index (χ1n) is 10.3. The molecular weight excluding hydrogens is 452 g/mol. The molecule has 8 nitrogen and oxygen atoms in total. The first-order chi connectivity index (χ1) is 15.4. The summed E-state index contributed by atoms with van der Waals surface area (Å²) in [6.45, 7) is 2.38. The Bertz CT molecular complexity index is 1140. The Balaban J connectivity index is 1.28. The number of fused-ring (bicyclic) bond motifs is 1. The lowest BCUT2D eigenvalue weighted by Crippen LogP contribution is -2.35. The number of carbonyl (C=O) groups is 1. The summed E-state index contributed by atoms with van der Waals surface area (Å²) < 4.78 is 6.17. The van der Waals surface area contributed by atoms with E-state index in [1.54, 1.807) is 17.4 Å². The molecule has 1 aromatic heterocycles. The molecule has 1 aliphatic rings. The maximum absolute atomic E-state index is 12.4. The van der Waals surface area contributed by atoms with Crippen LogP contribution in [0.4, 0.5) is 11.4 Å². The van der Waals surface area contributed by atoms with Crippen LogP contribution in [-0.4, -0.2) is 47.5 Å². The van der Waals surface area contributed by atoms with E-state index in [-0.39, 0.29) is 23.7 Å². The van der Waals surface area contributed by atoms with Gasteiger partial charge in [-0.15, -0.1) is 11.3 Å². The van der Waals surface area contributed by atoms with E-state index in [2.05, 4.69) is 10.2 Å². The maximum atomic E-state index is 12.4. The number of nitro groups is 1. The molecule has 10 heteroatoms. The molecule has 1 aliphatic heterocycles. The molecule has 2 aromatic carbocycles. The topological polar surface area (TPSA) is 97.6 Å². The molecule has 3 aromatic rings. The van der Waals surface area contributed by atoms with Crippen LogP contribution in [0.1, 0.15) is 30.2 Å². The van der Waals surface area contributed by atoms with Crippen LogP contribution in [0.15, 0.2) is 36.4 Å². The predicted octanol–water partition coefficient (Wildman–Crippen LogP) is 5.07. The highest BCUT2D eigenvalue weighted by molar-refractivity contribution is 7.18. The smallest absolute Gasteiger partial charge is 0.296 e. The Labute approximate surface area is 194 Å². The summed E-state index contributed by atoms with van der Waals surface area (Å²) in [5.41, 5.74) is 0.940. The summed E-state index contributed by atoms with van der Waals surface area (Å²) >= 11 is 7.79. The van der Waals surface area contributed by atoms with Gasteiger partial charge in [0.15, 0.2) is 0 Å². The van der Waals surface area contributed by atoms with Crippen LogP contribution < -0.4 is 10.1 Å². The average Bonchev–Trinajstić information content (AvgIpc) is 3.21. The van der Waals surface area contributed by atoms with Gasteiger partial charge in [-0.2, -0.15) is 0 Å². The molecule has 32 heavy (non-hydrogen) atoms. The standard InChI is InChI=1S/C22H23ClN4O4S/c1-31-16-3-4-17(19(13-16)27(29)30)24-21(28)8-11-26-9-6-14(7-10-26)22-25-18-12-15(23)2-5-20(18)32-22/h2-5,12-14H,6-11H2,1H3,(H,24,28). The normalized spacial score (nSPS) is 15.1. The van der Waals surface area contributed by atoms with Crippen molar-refractivity contribution in [2.45, 2.75) is 25.2 Å². The highest BCUT2D eigenvalue weighted by atomic mass is 35.5. The Hall–Kier alpha value is -2.75. The molecule has 1 saturated heterocycles. The van der Waals surface area contributed by atoms with E-state index in [4.69, 9.17) is 21.3 Å². The number of amides is 1. The van der Waals surface area contributed by atoms with Gasteiger partial charge in [0.05, 0.1) is 33.3 Å². The molecule has 0 radical (unpaired) electrons. The number of benzene rings is 2. The van der Waals surface area contributed by atoms with Crippen molar-refractivity contribution in [1.82, 2.24) is 9.88 Å². The number of piperidine rings is 1. The number of halogens is 1. The fourth-order valence-electron chi connectivity index (χ4n) is 3.86. The van der Waals surface area contributed by atoms with E-state index in [0.717, 1.165) is 41.2 Å². The van der Waals surface area contributed by atoms with Gasteiger partial charge in [-0.25, -0.2) is 4.98 Å². The second-order valence-electron chi connectivity index (χ2n) is 7.72. The van der Waals surface area contributed by atoms with Crippen LogP contribution in [0, 0.1) is 10.1 Å². The monoisotopic (exact) mass is 474 g/mol. The number of nitrogens with one attached hydrogen (secondary N) is 1. The van der Waals surface area contributed by atoms with Gasteiger partial charge < -0.3 is 15.0 Å². The molecule has 0 atom stereocenters. The fourth-order valence-corrected chi connectivity index (χ4v) is 5.15. The van der Waals surface area contributed by atoms with Gasteiger partial charge >= 0.3 is 0 Å². The van der Waals surface area contributed by atoms with Crippen molar-refractivity contribution in [3.8, 4) is 5.75 Å². The number of thiazole rings is 1. The maximum Gasteiger partial charge on any atom is 0.296 e. The minimum Gasteiger partial charge on any atom is -0.496 e. The van der Waals surface area contributed by atoms with Gasteiger partial charge in [-0.05, 0) is 56.3 Å². The summed E-state index contributed by atoms with van der Waals surface area (Å²) in [6.07, 6.45) is 2.24. The molecule has 0 spiro atoms. The SMILES string of the molecule is COc1ccc(NC(=O)CCN2CCC(c3nc4cc(Cl)ccc4s3)CC2)c([N+](=O)[O-])c1. The molecule has 4 rings (SSSR count). The Kier molecular flexibility index (Phi) is 6.88. The van der Waals surface area contributed by atoms with Gasteiger partial charge in [-0.3, -0.25) is 14.9 Å². The third-order valence-corrected chi connectivity index (χ3v) is 7.07. The Morgan fingerprint density at radius 1 is 1.31 bits per heavy atom. The van der Waals surface area contributed by atoms with Crippen molar-refractivity contribution in [3.05, 3.63) is 56.5 Å². The number of anilines is 1. The third kappa shape index (κ3) is 5.17. The van der Waals surface area contributed by atoms with Crippen LogP contribution in [0.5, 0.6) is 5.75 Å². The number of hydrogen-bond acceptors (Lipinski definition) is 7. The van der Waals surface area contributed by atoms with Crippen LogP contribution in [0.2, 0.25) is 5.02 Å². The Morgan fingerprint density at radius 2 is 2.09 bits per heavy atom. The van der Waals surface area contributed by atoms with Crippen LogP contribution in [-0.2, 0) is 4.79 Å². The number of methoxy groups -OCH3 is 1. The fraction of sp³-hybridized carbons (Fsp3) is 0.364. The first-order valence-corrected chi connectivity index (χ1v) is 11.5. The molecule has 0 bridgehead atoms. The molecule has 1 fully saturated rings. The largest absolute Gasteiger partial charge is 0.496 e. The van der Waals surface area contributed by atoms with Crippen molar-refractivity contribution in [1.29, 1.82) is 0 Å². The number of likely N-dealkylation sites (tertiary alicyclic amines) is 1. The molecule has 2 heterocycles. The van der Waals surface area contributed by atoms with E-state index in [0.29, 0.717) is 23.2 Å². The zero-order valence-electron chi connectivity index (χ0n) is 17.5. The molecule has 0 aliphatic carbocycles. The van der Waals surface area contributed by atoms with E-state index in [1.807, 2.05) is 18.2 Å². The zero-order valence-corrected chi connectivity index (χ0v) is 19.1. The minimum atomic E-state index is -0.529. The number of rotatable bonds is 7. The molecule has 1 N–H and O–H groups in total. The van der Waals surface area contributed by atoms with Gasteiger partial charge in [0.2, 0.25) is 5.91 Å². The summed E-state index contributed by atoms with van der Waals surface area (Å²) in [5.74, 6) is 0.537. The van der Waals surface area contributed by atoms with Gasteiger partial charge in [0.25, 0.3) is 5.69 Å². The second-order valence-corrected chi connectivity index (χ2v) is 9.22. The zero-order chi connectivity index (χ0) is 22.7. The number of nitrogens with zero attached hydrogens (tertiary/aromatic N) is 3. The van der Waals surface area contributed by atoms with E-state index in [9.17, 15) is 14.9 Å². The van der Waals surface area contributed by atoms with Crippen LogP contribution in [0.25, 0.3) is 10.2 Å². The molecule has 168 valence electrons. The van der Waals surface area contributed by atoms with Gasteiger partial charge in [-0.1, -0.05) is 11.6 Å². The quantitative estimate of drug-likeness (QED) is 0.379. The minimum absolute atomic E-state index is 0.176. The molecule has 1 amide bonds. The summed E-state index contributed by atoms with van der Waals surface area (Å²) in [4.78, 5) is 30.2. The lowest BCUT2D eigenvalue weighted by atomic mass is 9.97. The number of carbonyl (C=O) groups excluding carboxylic acids is 1. The lowest BCUT2D eigenvalue weighted by Gasteiger charge is -2.30. The first kappa shape index (κ1) is 22.4. The van der Waals surface area contributed by atoms with Crippen molar-refractivity contribution in [2.24, 2.45) is 0 Å². The second kappa shape index (κ2) is 9.81. The number of ether oxygens (including phenoxy) is 1. The molecule has 0 unspecified atom stereocenters. The van der Waals surface area contributed by atoms with Crippen molar-refractivity contribution in [2.75, 3.05) is 32.1 Å². The van der Waals surface area contributed by atoms with E-state index >= 15 is 0 Å². The van der Waals surface area contributed by atoms with Crippen molar-refractivity contribution >= 4 is 50.4 Å². The summed E-state index contributed by atoms with van der Waals surface area (Å²) in [5, 5.41) is 15.8. The Morgan fingerprint density at radius 3 is 2.81 bits per heavy atom. The van der Waals surface area contributed by atoms with Crippen LogP contribution >= 0.6 is 22.9 Å². The highest BCUT2D eigenvalue weighted by Crippen LogP contribution is 2.35. The predicted molar refractivity (Wildman–Crippen MR) is 126 cm³/mol. The van der Waals surface area contributed by atoms with Crippen molar-refractivity contribution in [3.63, 3.8) is 0 Å². The van der Waals surface area contributed by atoms with Crippen molar-refractivity contribution < 1.29 is 14.5 Å². The highest BCUT2D eigenvalue weighted by Gasteiger charge is 2.24. The van der Waals surface area contributed by atoms with Crippen LogP contribution in [0.3, 0.4) is 0 Å². The van der Waals surface area contributed by atoms with Gasteiger partial charge in [0, 0.05) is 23.9 Å². The molecular formula is C22H23ClN4O4S. The number of nitro benzene ring substituents is 1. The van der Waals surface area contributed by atoms with E-state index in [1.165, 1.54) is 19.2 Å². The average molecular weight is 475 g/mol. The van der Waals surface area contributed by atoms with E-state index < -0.39 is 4.92 Å². The summed E-state index contributed by atoms with van der Waals surface area (Å²) in [6, 6.07) is 10.2. The lowest BCUT2D eigenvalue weighted by molar-refractivity contribution is -0.384. The number of aromatic nitrogens is 1. The third-order valence-electron chi connectivity index (χ3n) is 5.63. The molecule has 0 saturated carbocycles. The van der Waals surface area contributed by atoms with Gasteiger partial charge in [0.1, 0.15) is 11.4 Å².